The second kappa shape index (κ2) is 5.17. The van der Waals surface area contributed by atoms with Crippen LogP contribution in [-0.4, -0.2) is 25.0 Å². The minimum Gasteiger partial charge on any atom is -0.353 e. The van der Waals surface area contributed by atoms with E-state index in [9.17, 15) is 4.79 Å². The molecule has 16 heavy (non-hydrogen) atoms. The Morgan fingerprint density at radius 2 is 1.94 bits per heavy atom. The smallest absolute Gasteiger partial charge is 0.226 e. The van der Waals surface area contributed by atoms with E-state index in [0.717, 1.165) is 45.2 Å². The average molecular weight is 224 g/mol. The minimum absolute atomic E-state index is 0.0229. The van der Waals surface area contributed by atoms with Crippen molar-refractivity contribution in [2.45, 2.75) is 57.9 Å². The van der Waals surface area contributed by atoms with Gasteiger partial charge in [-0.1, -0.05) is 19.8 Å². The fraction of sp³-hybridized carbons (Fsp3) is 0.923. The van der Waals surface area contributed by atoms with Gasteiger partial charge in [0.05, 0.1) is 0 Å². The van der Waals surface area contributed by atoms with Crippen LogP contribution in [0, 0.1) is 5.41 Å². The molecule has 1 heterocycles. The first-order valence-electron chi connectivity index (χ1n) is 6.78. The number of hydrogen-bond acceptors (Lipinski definition) is 2. The van der Waals surface area contributed by atoms with Gasteiger partial charge in [-0.2, -0.15) is 0 Å². The van der Waals surface area contributed by atoms with Crippen LogP contribution < -0.4 is 10.6 Å². The third kappa shape index (κ3) is 2.40. The molecular formula is C13H24N2O. The first-order valence-corrected chi connectivity index (χ1v) is 6.78. The zero-order chi connectivity index (χ0) is 11.4. The predicted molar refractivity (Wildman–Crippen MR) is 65.2 cm³/mol. The van der Waals surface area contributed by atoms with Crippen molar-refractivity contribution >= 4 is 5.91 Å². The number of nitrogens with one attached hydrogen (secondary N) is 2. The summed E-state index contributed by atoms with van der Waals surface area (Å²) in [6.07, 6.45) is 7.84. The first kappa shape index (κ1) is 11.9. The summed E-state index contributed by atoms with van der Waals surface area (Å²) in [4.78, 5) is 12.3. The van der Waals surface area contributed by atoms with Gasteiger partial charge in [0.15, 0.2) is 0 Å². The summed E-state index contributed by atoms with van der Waals surface area (Å²) in [6, 6.07) is 0.415. The van der Waals surface area contributed by atoms with Crippen molar-refractivity contribution in [1.29, 1.82) is 0 Å². The topological polar surface area (TPSA) is 41.1 Å². The molecular weight excluding hydrogens is 200 g/mol. The van der Waals surface area contributed by atoms with Gasteiger partial charge in [-0.05, 0) is 45.2 Å². The molecule has 2 N–H and O–H groups in total. The van der Waals surface area contributed by atoms with Crippen molar-refractivity contribution in [3.8, 4) is 0 Å². The molecule has 92 valence electrons. The monoisotopic (exact) mass is 224 g/mol. The summed E-state index contributed by atoms with van der Waals surface area (Å²) < 4.78 is 0. The van der Waals surface area contributed by atoms with E-state index in [1.165, 1.54) is 12.8 Å². The van der Waals surface area contributed by atoms with Crippen LogP contribution in [0.2, 0.25) is 0 Å². The molecule has 1 amide bonds. The van der Waals surface area contributed by atoms with Gasteiger partial charge in [0.2, 0.25) is 5.91 Å². The van der Waals surface area contributed by atoms with Crippen LogP contribution in [-0.2, 0) is 4.79 Å². The number of rotatable bonds is 3. The first-order chi connectivity index (χ1) is 7.77. The standard InChI is InChI=1S/C13H24N2O/c1-2-13(7-3-4-8-13)12(16)15-11-5-9-14-10-6-11/h11,14H,2-10H2,1H3,(H,15,16). The summed E-state index contributed by atoms with van der Waals surface area (Å²) in [6.45, 7) is 4.25. The molecule has 2 rings (SSSR count). The lowest BCUT2D eigenvalue weighted by molar-refractivity contribution is -0.132. The molecule has 0 aromatic rings. The Morgan fingerprint density at radius 3 is 2.50 bits per heavy atom. The summed E-state index contributed by atoms with van der Waals surface area (Å²) in [7, 11) is 0. The SMILES string of the molecule is CCC1(C(=O)NC2CCNCC2)CCCC1. The lowest BCUT2D eigenvalue weighted by Gasteiger charge is -2.31. The van der Waals surface area contributed by atoms with Crippen LogP contribution >= 0.6 is 0 Å². The van der Waals surface area contributed by atoms with E-state index >= 15 is 0 Å². The summed E-state index contributed by atoms with van der Waals surface area (Å²) in [5, 5.41) is 6.60. The van der Waals surface area contributed by atoms with E-state index in [4.69, 9.17) is 0 Å². The van der Waals surface area contributed by atoms with Crippen LogP contribution in [0.1, 0.15) is 51.9 Å². The highest BCUT2D eigenvalue weighted by Gasteiger charge is 2.39. The molecule has 1 saturated heterocycles. The molecule has 1 aliphatic heterocycles. The van der Waals surface area contributed by atoms with E-state index in [0.29, 0.717) is 11.9 Å². The Bertz CT molecular complexity index is 240. The maximum absolute atomic E-state index is 12.3. The van der Waals surface area contributed by atoms with E-state index in [2.05, 4.69) is 17.6 Å². The molecule has 1 saturated carbocycles. The number of amides is 1. The molecule has 1 aliphatic carbocycles. The van der Waals surface area contributed by atoms with Crippen LogP contribution in [0.5, 0.6) is 0 Å². The number of hydrogen-bond donors (Lipinski definition) is 2. The molecule has 3 nitrogen and oxygen atoms in total. The van der Waals surface area contributed by atoms with Crippen LogP contribution in [0.3, 0.4) is 0 Å². The fourth-order valence-corrected chi connectivity index (χ4v) is 3.10. The van der Waals surface area contributed by atoms with Gasteiger partial charge in [-0.25, -0.2) is 0 Å². The highest BCUT2D eigenvalue weighted by Crippen LogP contribution is 2.41. The van der Waals surface area contributed by atoms with Gasteiger partial charge >= 0.3 is 0 Å². The predicted octanol–water partition coefficient (Wildman–Crippen LogP) is 1.82. The van der Waals surface area contributed by atoms with Crippen molar-refractivity contribution in [2.75, 3.05) is 13.1 Å². The Labute approximate surface area is 98.4 Å². The zero-order valence-electron chi connectivity index (χ0n) is 10.3. The van der Waals surface area contributed by atoms with E-state index in [1.807, 2.05) is 0 Å². The summed E-state index contributed by atoms with van der Waals surface area (Å²) in [5.74, 6) is 0.333. The fourth-order valence-electron chi connectivity index (χ4n) is 3.10. The van der Waals surface area contributed by atoms with E-state index < -0.39 is 0 Å². The second-order valence-corrected chi connectivity index (χ2v) is 5.34. The molecule has 0 unspecified atom stereocenters. The molecule has 0 atom stereocenters. The largest absolute Gasteiger partial charge is 0.353 e. The average Bonchev–Trinajstić information content (AvgIpc) is 2.80. The quantitative estimate of drug-likeness (QED) is 0.768. The number of piperidine rings is 1. The zero-order valence-corrected chi connectivity index (χ0v) is 10.3. The number of carbonyl (C=O) groups is 1. The highest BCUT2D eigenvalue weighted by atomic mass is 16.2. The van der Waals surface area contributed by atoms with E-state index in [-0.39, 0.29) is 5.41 Å². The third-order valence-electron chi connectivity index (χ3n) is 4.39. The minimum atomic E-state index is -0.0229. The Kier molecular flexibility index (Phi) is 3.85. The van der Waals surface area contributed by atoms with Crippen molar-refractivity contribution in [3.63, 3.8) is 0 Å². The highest BCUT2D eigenvalue weighted by molar-refractivity contribution is 5.83. The molecule has 0 aromatic carbocycles. The van der Waals surface area contributed by atoms with Crippen LogP contribution in [0.25, 0.3) is 0 Å². The summed E-state index contributed by atoms with van der Waals surface area (Å²) in [5.41, 5.74) is -0.0229. The molecule has 0 spiro atoms. The van der Waals surface area contributed by atoms with Crippen molar-refractivity contribution < 1.29 is 4.79 Å². The third-order valence-corrected chi connectivity index (χ3v) is 4.39. The Balaban J connectivity index is 1.90. The van der Waals surface area contributed by atoms with Gasteiger partial charge < -0.3 is 10.6 Å². The van der Waals surface area contributed by atoms with Crippen molar-refractivity contribution in [2.24, 2.45) is 5.41 Å². The second-order valence-electron chi connectivity index (χ2n) is 5.34. The molecule has 0 radical (unpaired) electrons. The maximum Gasteiger partial charge on any atom is 0.226 e. The van der Waals surface area contributed by atoms with Crippen LogP contribution in [0.4, 0.5) is 0 Å². The maximum atomic E-state index is 12.3. The lowest BCUT2D eigenvalue weighted by Crippen LogP contribution is -2.48. The molecule has 3 heteroatoms. The van der Waals surface area contributed by atoms with Crippen molar-refractivity contribution in [1.82, 2.24) is 10.6 Å². The van der Waals surface area contributed by atoms with Crippen molar-refractivity contribution in [3.05, 3.63) is 0 Å². The molecule has 0 bridgehead atoms. The molecule has 0 aromatic heterocycles. The summed E-state index contributed by atoms with van der Waals surface area (Å²) >= 11 is 0. The number of carbonyl (C=O) groups excluding carboxylic acids is 1. The molecule has 2 fully saturated rings. The van der Waals surface area contributed by atoms with Gasteiger partial charge in [0, 0.05) is 11.5 Å². The van der Waals surface area contributed by atoms with E-state index in [1.54, 1.807) is 0 Å². The Hall–Kier alpha value is -0.570. The van der Waals surface area contributed by atoms with Gasteiger partial charge in [0.25, 0.3) is 0 Å². The van der Waals surface area contributed by atoms with Gasteiger partial charge in [-0.15, -0.1) is 0 Å². The van der Waals surface area contributed by atoms with Gasteiger partial charge in [0.1, 0.15) is 0 Å². The molecule has 2 aliphatic rings. The lowest BCUT2D eigenvalue weighted by atomic mass is 9.82. The van der Waals surface area contributed by atoms with Gasteiger partial charge in [-0.3, -0.25) is 4.79 Å². The Morgan fingerprint density at radius 1 is 1.31 bits per heavy atom. The normalized spacial score (nSPS) is 25.6. The van der Waals surface area contributed by atoms with Crippen LogP contribution in [0.15, 0.2) is 0 Å².